The number of amides is 1. The summed E-state index contributed by atoms with van der Waals surface area (Å²) in [6.45, 7) is 0. The first-order chi connectivity index (χ1) is 10.0. The Morgan fingerprint density at radius 2 is 1.90 bits per heavy atom. The summed E-state index contributed by atoms with van der Waals surface area (Å²) in [6.07, 6.45) is 0. The maximum Gasteiger partial charge on any atom is 0.270 e. The van der Waals surface area contributed by atoms with Crippen molar-refractivity contribution >= 4 is 45.6 Å². The fourth-order valence-electron chi connectivity index (χ4n) is 1.80. The third-order valence-corrected chi connectivity index (χ3v) is 3.79. The maximum absolute atomic E-state index is 12.3. The highest BCUT2D eigenvalue weighted by Crippen LogP contribution is 2.24. The second kappa shape index (κ2) is 6.53. The van der Waals surface area contributed by atoms with Crippen molar-refractivity contribution in [3.8, 4) is 0 Å². The van der Waals surface area contributed by atoms with E-state index >= 15 is 0 Å². The minimum Gasteiger partial charge on any atom is -0.387 e. The minimum atomic E-state index is -0.525. The molecule has 108 valence electrons. The van der Waals surface area contributed by atoms with Crippen LogP contribution in [0.2, 0.25) is 0 Å². The van der Waals surface area contributed by atoms with Gasteiger partial charge in [-0.1, -0.05) is 12.1 Å². The molecule has 0 unspecified atom stereocenters. The van der Waals surface area contributed by atoms with Gasteiger partial charge in [0.15, 0.2) is 0 Å². The van der Waals surface area contributed by atoms with Gasteiger partial charge in [0, 0.05) is 28.4 Å². The number of non-ortho nitro benzene ring substituents is 1. The van der Waals surface area contributed by atoms with Crippen LogP contribution in [-0.4, -0.2) is 17.9 Å². The second-order valence-electron chi connectivity index (χ2n) is 4.17. The van der Waals surface area contributed by atoms with E-state index < -0.39 is 10.8 Å². The molecule has 2 rings (SSSR count). The normalized spacial score (nSPS) is 10.0. The van der Waals surface area contributed by atoms with Crippen molar-refractivity contribution < 1.29 is 9.72 Å². The first kappa shape index (κ1) is 15.2. The predicted octanol–water partition coefficient (Wildman–Crippen LogP) is 3.49. The number of benzene rings is 2. The molecule has 0 aliphatic rings. The van der Waals surface area contributed by atoms with E-state index in [4.69, 9.17) is 0 Å². The molecule has 0 heterocycles. The van der Waals surface area contributed by atoms with Crippen LogP contribution in [0.3, 0.4) is 0 Å². The first-order valence-electron chi connectivity index (χ1n) is 6.05. The fraction of sp³-hybridized carbons (Fsp3) is 0.0714. The number of carbonyl (C=O) groups excluding carboxylic acids is 1. The summed E-state index contributed by atoms with van der Waals surface area (Å²) in [5.74, 6) is -0.396. The lowest BCUT2D eigenvalue weighted by atomic mass is 10.1. The van der Waals surface area contributed by atoms with Crippen LogP contribution in [0.4, 0.5) is 17.1 Å². The molecule has 0 bridgehead atoms. The van der Waals surface area contributed by atoms with Gasteiger partial charge in [-0.05, 0) is 40.8 Å². The monoisotopic (exact) mass is 397 g/mol. The molecule has 2 N–H and O–H groups in total. The zero-order valence-electron chi connectivity index (χ0n) is 11.1. The number of hydrogen-bond acceptors (Lipinski definition) is 4. The Hall–Kier alpha value is -2.16. The van der Waals surface area contributed by atoms with Crippen LogP contribution in [0, 0.1) is 13.7 Å². The van der Waals surface area contributed by atoms with Crippen LogP contribution in [0.1, 0.15) is 10.4 Å². The molecule has 0 atom stereocenters. The Morgan fingerprint density at radius 1 is 1.19 bits per heavy atom. The number of nitro groups is 1. The molecule has 6 nitrogen and oxygen atoms in total. The van der Waals surface area contributed by atoms with Crippen molar-refractivity contribution in [2.45, 2.75) is 0 Å². The van der Waals surface area contributed by atoms with Crippen molar-refractivity contribution in [1.29, 1.82) is 0 Å². The number of anilines is 2. The zero-order chi connectivity index (χ0) is 15.4. The van der Waals surface area contributed by atoms with E-state index in [0.29, 0.717) is 11.4 Å². The molecular formula is C14H12IN3O3. The first-order valence-corrected chi connectivity index (χ1v) is 7.13. The number of halogens is 1. The minimum absolute atomic E-state index is 0.123. The quantitative estimate of drug-likeness (QED) is 0.470. The number of hydrogen-bond donors (Lipinski definition) is 2. The maximum atomic E-state index is 12.3. The van der Waals surface area contributed by atoms with Gasteiger partial charge in [0.2, 0.25) is 0 Å². The standard InChI is InChI=1S/C14H12IN3O3/c1-16-12-7-6-9(18(20)21)8-10(12)14(19)17-13-5-3-2-4-11(13)15/h2-8,16H,1H3,(H,17,19). The molecule has 2 aromatic carbocycles. The van der Waals surface area contributed by atoms with Crippen LogP contribution in [0.5, 0.6) is 0 Å². The lowest BCUT2D eigenvalue weighted by molar-refractivity contribution is -0.384. The van der Waals surface area contributed by atoms with E-state index in [2.05, 4.69) is 33.2 Å². The predicted molar refractivity (Wildman–Crippen MR) is 89.8 cm³/mol. The number of nitrogens with one attached hydrogen (secondary N) is 2. The summed E-state index contributed by atoms with van der Waals surface area (Å²) in [4.78, 5) is 22.7. The number of rotatable bonds is 4. The van der Waals surface area contributed by atoms with Gasteiger partial charge in [-0.2, -0.15) is 0 Å². The van der Waals surface area contributed by atoms with Gasteiger partial charge in [-0.15, -0.1) is 0 Å². The zero-order valence-corrected chi connectivity index (χ0v) is 13.2. The van der Waals surface area contributed by atoms with Gasteiger partial charge >= 0.3 is 0 Å². The van der Waals surface area contributed by atoms with E-state index in [0.717, 1.165) is 3.57 Å². The van der Waals surface area contributed by atoms with Crippen molar-refractivity contribution in [2.24, 2.45) is 0 Å². The molecule has 0 spiro atoms. The third-order valence-electron chi connectivity index (χ3n) is 2.85. The Balaban J connectivity index is 2.36. The van der Waals surface area contributed by atoms with Crippen molar-refractivity contribution in [3.05, 3.63) is 61.7 Å². The number of carbonyl (C=O) groups is 1. The molecule has 0 aromatic heterocycles. The average molecular weight is 397 g/mol. The molecule has 0 fully saturated rings. The van der Waals surface area contributed by atoms with Gasteiger partial charge in [-0.25, -0.2) is 0 Å². The van der Waals surface area contributed by atoms with Gasteiger partial charge in [0.1, 0.15) is 0 Å². The van der Waals surface area contributed by atoms with Gasteiger partial charge in [0.05, 0.1) is 16.2 Å². The van der Waals surface area contributed by atoms with E-state index in [1.54, 1.807) is 13.1 Å². The Labute approximate surface area is 134 Å². The van der Waals surface area contributed by atoms with E-state index in [-0.39, 0.29) is 11.3 Å². The molecule has 2 aromatic rings. The van der Waals surface area contributed by atoms with Gasteiger partial charge in [0.25, 0.3) is 11.6 Å². The van der Waals surface area contributed by atoms with Crippen molar-refractivity contribution in [1.82, 2.24) is 0 Å². The van der Waals surface area contributed by atoms with Crippen molar-refractivity contribution in [3.63, 3.8) is 0 Å². The highest BCUT2D eigenvalue weighted by molar-refractivity contribution is 14.1. The summed E-state index contributed by atoms with van der Waals surface area (Å²) < 4.78 is 0.889. The van der Waals surface area contributed by atoms with Gasteiger partial charge in [-0.3, -0.25) is 14.9 Å². The summed E-state index contributed by atoms with van der Waals surface area (Å²) in [5.41, 5.74) is 1.30. The average Bonchev–Trinajstić information content (AvgIpc) is 2.48. The summed E-state index contributed by atoms with van der Waals surface area (Å²) >= 11 is 2.11. The molecule has 7 heteroatoms. The van der Waals surface area contributed by atoms with E-state index in [9.17, 15) is 14.9 Å². The summed E-state index contributed by atoms with van der Waals surface area (Å²) in [5, 5.41) is 16.5. The number of nitrogens with zero attached hydrogens (tertiary/aromatic N) is 1. The summed E-state index contributed by atoms with van der Waals surface area (Å²) in [6, 6.07) is 11.4. The Kier molecular flexibility index (Phi) is 4.73. The lowest BCUT2D eigenvalue weighted by Crippen LogP contribution is -2.15. The van der Waals surface area contributed by atoms with Crippen LogP contribution in [-0.2, 0) is 0 Å². The Morgan fingerprint density at radius 3 is 2.52 bits per heavy atom. The molecular weight excluding hydrogens is 385 g/mol. The molecule has 0 radical (unpaired) electrons. The fourth-order valence-corrected chi connectivity index (χ4v) is 2.33. The molecule has 1 amide bonds. The molecule has 0 aliphatic carbocycles. The number of nitro benzene ring substituents is 1. The highest BCUT2D eigenvalue weighted by Gasteiger charge is 2.17. The largest absolute Gasteiger partial charge is 0.387 e. The smallest absolute Gasteiger partial charge is 0.270 e. The second-order valence-corrected chi connectivity index (χ2v) is 5.33. The molecule has 0 saturated heterocycles. The topological polar surface area (TPSA) is 84.3 Å². The van der Waals surface area contributed by atoms with Crippen LogP contribution in [0.25, 0.3) is 0 Å². The van der Waals surface area contributed by atoms with E-state index in [1.807, 2.05) is 18.2 Å². The van der Waals surface area contributed by atoms with E-state index in [1.165, 1.54) is 18.2 Å². The third kappa shape index (κ3) is 3.48. The molecule has 0 aliphatic heterocycles. The highest BCUT2D eigenvalue weighted by atomic mass is 127. The van der Waals surface area contributed by atoms with Crippen molar-refractivity contribution in [2.75, 3.05) is 17.7 Å². The van der Waals surface area contributed by atoms with Crippen LogP contribution in [0.15, 0.2) is 42.5 Å². The van der Waals surface area contributed by atoms with Crippen LogP contribution < -0.4 is 10.6 Å². The SMILES string of the molecule is CNc1ccc([N+](=O)[O-])cc1C(=O)Nc1ccccc1I. The lowest BCUT2D eigenvalue weighted by Gasteiger charge is -2.10. The molecule has 21 heavy (non-hydrogen) atoms. The Bertz CT molecular complexity index is 704. The van der Waals surface area contributed by atoms with Crippen LogP contribution >= 0.6 is 22.6 Å². The molecule has 0 saturated carbocycles. The van der Waals surface area contributed by atoms with Gasteiger partial charge < -0.3 is 10.6 Å². The number of para-hydroxylation sites is 1. The summed E-state index contributed by atoms with van der Waals surface area (Å²) in [7, 11) is 1.66.